The molecule has 1 amide bonds. The average molecular weight is 413 g/mol. The predicted octanol–water partition coefficient (Wildman–Crippen LogP) is 4.99. The van der Waals surface area contributed by atoms with Crippen molar-refractivity contribution in [1.82, 2.24) is 19.3 Å². The quantitative estimate of drug-likeness (QED) is 0.402. The molecule has 5 nitrogen and oxygen atoms in total. The molecule has 7 heteroatoms. The molecule has 3 aromatic heterocycles. The molecule has 0 aliphatic carbocycles. The highest BCUT2D eigenvalue weighted by Crippen LogP contribution is 2.24. The molecule has 0 bridgehead atoms. The number of nitrogens with zero attached hydrogens (tertiary/aromatic N) is 4. The van der Waals surface area contributed by atoms with Crippen molar-refractivity contribution in [2.75, 3.05) is 7.05 Å². The Balaban J connectivity index is 1.28. The number of fused-ring (bicyclic) bond motifs is 2. The van der Waals surface area contributed by atoms with Gasteiger partial charge in [0.25, 0.3) is 0 Å². The van der Waals surface area contributed by atoms with Gasteiger partial charge in [0.1, 0.15) is 0 Å². The first-order valence-corrected chi connectivity index (χ1v) is 11.2. The van der Waals surface area contributed by atoms with Gasteiger partial charge in [-0.25, -0.2) is 9.97 Å². The van der Waals surface area contributed by atoms with Gasteiger partial charge in [-0.3, -0.25) is 9.20 Å². The second-order valence-corrected chi connectivity index (χ2v) is 9.50. The third-order valence-electron chi connectivity index (χ3n) is 4.92. The summed E-state index contributed by atoms with van der Waals surface area (Å²) in [4.78, 5) is 25.9. The number of aromatic nitrogens is 3. The molecule has 3 heterocycles. The monoisotopic (exact) mass is 412 g/mol. The van der Waals surface area contributed by atoms with Gasteiger partial charge < -0.3 is 4.90 Å². The summed E-state index contributed by atoms with van der Waals surface area (Å²) in [5, 5.41) is 1.16. The maximum atomic E-state index is 12.6. The SMILES string of the molecule is Cc1cn2c(CN(C)C(=O)CCCCc3nc4ccccc4s3)c(C)nc2s1. The van der Waals surface area contributed by atoms with Crippen molar-refractivity contribution in [3.63, 3.8) is 0 Å². The molecular formula is C21H24N4OS2. The Kier molecular flexibility index (Phi) is 5.46. The predicted molar refractivity (Wildman–Crippen MR) is 116 cm³/mol. The van der Waals surface area contributed by atoms with E-state index < -0.39 is 0 Å². The lowest BCUT2D eigenvalue weighted by atomic mass is 10.2. The molecule has 0 atom stereocenters. The van der Waals surface area contributed by atoms with E-state index in [4.69, 9.17) is 0 Å². The number of para-hydroxylation sites is 1. The second kappa shape index (κ2) is 8.01. The van der Waals surface area contributed by atoms with Gasteiger partial charge in [-0.15, -0.1) is 22.7 Å². The Bertz CT molecular complexity index is 1090. The highest BCUT2D eigenvalue weighted by Gasteiger charge is 2.16. The van der Waals surface area contributed by atoms with Crippen molar-refractivity contribution in [3.8, 4) is 0 Å². The van der Waals surface area contributed by atoms with Crippen LogP contribution < -0.4 is 0 Å². The standard InChI is InChI=1S/C21H24N4OS2/c1-14-12-25-17(15(2)22-21(25)27-14)13-24(3)20(26)11-7-6-10-19-23-16-8-4-5-9-18(16)28-19/h4-5,8-9,12H,6-7,10-11,13H2,1-3H3. The molecule has 0 fully saturated rings. The van der Waals surface area contributed by atoms with E-state index in [0.29, 0.717) is 13.0 Å². The zero-order valence-electron chi connectivity index (χ0n) is 16.4. The zero-order valence-corrected chi connectivity index (χ0v) is 18.1. The van der Waals surface area contributed by atoms with Gasteiger partial charge in [0, 0.05) is 24.5 Å². The minimum Gasteiger partial charge on any atom is -0.340 e. The van der Waals surface area contributed by atoms with E-state index in [-0.39, 0.29) is 5.91 Å². The fourth-order valence-corrected chi connectivity index (χ4v) is 5.28. The number of unbranched alkanes of at least 4 members (excludes halogenated alkanes) is 1. The Morgan fingerprint density at radius 3 is 2.79 bits per heavy atom. The summed E-state index contributed by atoms with van der Waals surface area (Å²) in [6.45, 7) is 4.69. The molecule has 146 valence electrons. The molecule has 4 aromatic rings. The Morgan fingerprint density at radius 2 is 1.96 bits per heavy atom. The third kappa shape index (κ3) is 3.95. The van der Waals surface area contributed by atoms with E-state index in [2.05, 4.69) is 39.6 Å². The Labute approximate surface area is 172 Å². The van der Waals surface area contributed by atoms with Crippen LogP contribution in [0, 0.1) is 13.8 Å². The summed E-state index contributed by atoms with van der Waals surface area (Å²) in [5.74, 6) is 0.186. The van der Waals surface area contributed by atoms with E-state index in [1.807, 2.05) is 31.0 Å². The van der Waals surface area contributed by atoms with Crippen LogP contribution in [-0.4, -0.2) is 32.2 Å². The summed E-state index contributed by atoms with van der Waals surface area (Å²) in [7, 11) is 1.88. The molecule has 1 aromatic carbocycles. The Morgan fingerprint density at radius 1 is 1.14 bits per heavy atom. The summed E-state index contributed by atoms with van der Waals surface area (Å²) in [5.41, 5.74) is 3.18. The lowest BCUT2D eigenvalue weighted by Gasteiger charge is -2.17. The number of imidazole rings is 1. The highest BCUT2D eigenvalue weighted by atomic mass is 32.1. The van der Waals surface area contributed by atoms with Gasteiger partial charge in [-0.05, 0) is 45.2 Å². The first kappa shape index (κ1) is 19.1. The van der Waals surface area contributed by atoms with Crippen molar-refractivity contribution in [3.05, 3.63) is 51.7 Å². The van der Waals surface area contributed by atoms with E-state index in [1.165, 1.54) is 9.58 Å². The van der Waals surface area contributed by atoms with Crippen molar-refractivity contribution in [2.24, 2.45) is 0 Å². The lowest BCUT2D eigenvalue weighted by Crippen LogP contribution is -2.26. The number of hydrogen-bond donors (Lipinski definition) is 0. The largest absolute Gasteiger partial charge is 0.340 e. The normalized spacial score (nSPS) is 11.5. The summed E-state index contributed by atoms with van der Waals surface area (Å²) in [6, 6.07) is 8.23. The molecular weight excluding hydrogens is 388 g/mol. The summed E-state index contributed by atoms with van der Waals surface area (Å²) >= 11 is 3.44. The van der Waals surface area contributed by atoms with Crippen LogP contribution in [0.1, 0.15) is 40.5 Å². The number of amides is 1. The van der Waals surface area contributed by atoms with Crippen LogP contribution in [0.3, 0.4) is 0 Å². The van der Waals surface area contributed by atoms with E-state index in [1.54, 1.807) is 22.7 Å². The molecule has 0 aliphatic heterocycles. The maximum absolute atomic E-state index is 12.6. The first-order valence-electron chi connectivity index (χ1n) is 9.53. The zero-order chi connectivity index (χ0) is 19.7. The number of rotatable bonds is 7. The van der Waals surface area contributed by atoms with Crippen LogP contribution in [0.2, 0.25) is 0 Å². The van der Waals surface area contributed by atoms with Crippen molar-refractivity contribution in [2.45, 2.75) is 46.1 Å². The van der Waals surface area contributed by atoms with Crippen molar-refractivity contribution >= 4 is 43.8 Å². The van der Waals surface area contributed by atoms with E-state index >= 15 is 0 Å². The van der Waals surface area contributed by atoms with Crippen molar-refractivity contribution < 1.29 is 4.79 Å². The molecule has 0 spiro atoms. The number of hydrogen-bond acceptors (Lipinski definition) is 5. The van der Waals surface area contributed by atoms with E-state index in [9.17, 15) is 4.79 Å². The topological polar surface area (TPSA) is 50.5 Å². The van der Waals surface area contributed by atoms with E-state index in [0.717, 1.165) is 46.1 Å². The fourth-order valence-electron chi connectivity index (χ4n) is 3.38. The van der Waals surface area contributed by atoms with Crippen LogP contribution in [0.4, 0.5) is 0 Å². The van der Waals surface area contributed by atoms with Crippen LogP contribution in [0.5, 0.6) is 0 Å². The van der Waals surface area contributed by atoms with Crippen LogP contribution in [0.25, 0.3) is 15.2 Å². The number of carbonyl (C=O) groups is 1. The van der Waals surface area contributed by atoms with Gasteiger partial charge in [-0.1, -0.05) is 12.1 Å². The molecule has 0 radical (unpaired) electrons. The number of aryl methyl sites for hydroxylation is 3. The van der Waals surface area contributed by atoms with Gasteiger partial charge >= 0.3 is 0 Å². The molecule has 0 N–H and O–H groups in total. The van der Waals surface area contributed by atoms with Crippen LogP contribution in [0.15, 0.2) is 30.5 Å². The maximum Gasteiger partial charge on any atom is 0.222 e. The van der Waals surface area contributed by atoms with Crippen LogP contribution in [-0.2, 0) is 17.8 Å². The van der Waals surface area contributed by atoms with Gasteiger partial charge in [0.15, 0.2) is 4.96 Å². The second-order valence-electron chi connectivity index (χ2n) is 7.17. The number of benzene rings is 1. The number of carbonyl (C=O) groups excluding carboxylic acids is 1. The smallest absolute Gasteiger partial charge is 0.222 e. The van der Waals surface area contributed by atoms with Gasteiger partial charge in [0.05, 0.1) is 33.2 Å². The Hall–Kier alpha value is -2.25. The molecule has 0 saturated carbocycles. The first-order chi connectivity index (χ1) is 13.5. The minimum absolute atomic E-state index is 0.186. The summed E-state index contributed by atoms with van der Waals surface area (Å²) < 4.78 is 3.35. The third-order valence-corrected chi connectivity index (χ3v) is 6.92. The molecule has 28 heavy (non-hydrogen) atoms. The lowest BCUT2D eigenvalue weighted by molar-refractivity contribution is -0.130. The average Bonchev–Trinajstić information content (AvgIpc) is 3.32. The minimum atomic E-state index is 0.186. The molecule has 0 unspecified atom stereocenters. The molecule has 4 rings (SSSR count). The molecule has 0 saturated heterocycles. The van der Waals surface area contributed by atoms with Crippen LogP contribution >= 0.6 is 22.7 Å². The number of thiazole rings is 2. The highest BCUT2D eigenvalue weighted by molar-refractivity contribution is 7.18. The van der Waals surface area contributed by atoms with Gasteiger partial charge in [-0.2, -0.15) is 0 Å². The van der Waals surface area contributed by atoms with Crippen molar-refractivity contribution in [1.29, 1.82) is 0 Å². The van der Waals surface area contributed by atoms with Gasteiger partial charge in [0.2, 0.25) is 5.91 Å². The molecule has 0 aliphatic rings. The fraction of sp³-hybridized carbons (Fsp3) is 0.381. The summed E-state index contributed by atoms with van der Waals surface area (Å²) in [6.07, 6.45) is 5.49.